The molecule has 0 radical (unpaired) electrons. The monoisotopic (exact) mass is 340 g/mol. The predicted octanol–water partition coefficient (Wildman–Crippen LogP) is 1.45. The number of nitrogens with one attached hydrogen (secondary N) is 1. The quantitative estimate of drug-likeness (QED) is 0.665. The van der Waals surface area contributed by atoms with Gasteiger partial charge in [0.05, 0.1) is 34.4 Å². The van der Waals surface area contributed by atoms with Gasteiger partial charge in [0.25, 0.3) is 0 Å². The lowest BCUT2D eigenvalue weighted by atomic mass is 10.2. The van der Waals surface area contributed by atoms with E-state index in [0.717, 1.165) is 6.42 Å². The first-order valence-electron chi connectivity index (χ1n) is 7.49. The summed E-state index contributed by atoms with van der Waals surface area (Å²) in [5.41, 5.74) is 0.473. The van der Waals surface area contributed by atoms with Crippen LogP contribution in [0.1, 0.15) is 13.3 Å². The topological polar surface area (TPSA) is 97.3 Å². The lowest BCUT2D eigenvalue weighted by Crippen LogP contribution is -2.37. The Balaban J connectivity index is 2.87. The van der Waals surface area contributed by atoms with Crippen LogP contribution in [0.5, 0.6) is 17.2 Å². The number of hydrogen-bond acceptors (Lipinski definition) is 6. The van der Waals surface area contributed by atoms with E-state index in [2.05, 4.69) is 5.32 Å². The average Bonchev–Trinajstić information content (AvgIpc) is 2.53. The maximum atomic E-state index is 12.2. The van der Waals surface area contributed by atoms with E-state index in [9.17, 15) is 9.59 Å². The van der Waals surface area contributed by atoms with Gasteiger partial charge in [-0.2, -0.15) is 0 Å². The van der Waals surface area contributed by atoms with Crippen LogP contribution in [0.15, 0.2) is 12.1 Å². The van der Waals surface area contributed by atoms with E-state index < -0.39 is 5.97 Å². The second kappa shape index (κ2) is 9.61. The van der Waals surface area contributed by atoms with Gasteiger partial charge in [0, 0.05) is 17.8 Å². The van der Waals surface area contributed by atoms with Gasteiger partial charge in [-0.3, -0.25) is 14.5 Å². The van der Waals surface area contributed by atoms with Gasteiger partial charge < -0.3 is 24.6 Å². The van der Waals surface area contributed by atoms with Crippen molar-refractivity contribution in [2.45, 2.75) is 13.3 Å². The molecule has 1 amide bonds. The molecule has 0 saturated carbocycles. The molecule has 134 valence electrons. The average molecular weight is 340 g/mol. The third kappa shape index (κ3) is 5.62. The van der Waals surface area contributed by atoms with Gasteiger partial charge in [-0.05, 0) is 13.0 Å². The maximum Gasteiger partial charge on any atom is 0.317 e. The Hall–Kier alpha value is -2.48. The van der Waals surface area contributed by atoms with Gasteiger partial charge in [-0.15, -0.1) is 0 Å². The summed E-state index contributed by atoms with van der Waals surface area (Å²) in [6.07, 6.45) is 0.755. The highest BCUT2D eigenvalue weighted by Gasteiger charge is 2.17. The van der Waals surface area contributed by atoms with Crippen molar-refractivity contribution >= 4 is 17.6 Å². The van der Waals surface area contributed by atoms with Crippen LogP contribution in [-0.4, -0.2) is 62.8 Å². The highest BCUT2D eigenvalue weighted by atomic mass is 16.5. The molecular formula is C16H24N2O6. The lowest BCUT2D eigenvalue weighted by Gasteiger charge is -2.19. The molecule has 8 heteroatoms. The number of aliphatic carboxylic acids is 1. The van der Waals surface area contributed by atoms with Gasteiger partial charge in [0.1, 0.15) is 0 Å². The van der Waals surface area contributed by atoms with Gasteiger partial charge in [-0.25, -0.2) is 0 Å². The zero-order valence-corrected chi connectivity index (χ0v) is 14.4. The van der Waals surface area contributed by atoms with Gasteiger partial charge in [-0.1, -0.05) is 6.92 Å². The van der Waals surface area contributed by atoms with Crippen molar-refractivity contribution in [3.05, 3.63) is 12.1 Å². The van der Waals surface area contributed by atoms with Crippen molar-refractivity contribution in [3.8, 4) is 17.2 Å². The van der Waals surface area contributed by atoms with E-state index in [0.29, 0.717) is 29.5 Å². The first-order valence-corrected chi connectivity index (χ1v) is 7.49. The summed E-state index contributed by atoms with van der Waals surface area (Å²) in [6, 6.07) is 3.22. The third-order valence-electron chi connectivity index (χ3n) is 3.21. The summed E-state index contributed by atoms with van der Waals surface area (Å²) in [5.74, 6) is -0.0225. The number of ether oxygens (including phenoxy) is 3. The SMILES string of the molecule is CCCN(CC(=O)O)CC(=O)Nc1cc(OC)c(OC)c(OC)c1. The lowest BCUT2D eigenvalue weighted by molar-refractivity contribution is -0.138. The number of carbonyl (C=O) groups excluding carboxylic acids is 1. The summed E-state index contributed by atoms with van der Waals surface area (Å²) >= 11 is 0. The number of hydrogen-bond donors (Lipinski definition) is 2. The molecular weight excluding hydrogens is 316 g/mol. The van der Waals surface area contributed by atoms with Crippen molar-refractivity contribution in [3.63, 3.8) is 0 Å². The Kier molecular flexibility index (Phi) is 7.84. The Bertz CT molecular complexity index is 551. The van der Waals surface area contributed by atoms with Crippen molar-refractivity contribution in [2.75, 3.05) is 46.3 Å². The molecule has 1 rings (SSSR count). The van der Waals surface area contributed by atoms with Crippen LogP contribution in [0.4, 0.5) is 5.69 Å². The maximum absolute atomic E-state index is 12.2. The van der Waals surface area contributed by atoms with Crippen LogP contribution in [0.3, 0.4) is 0 Å². The first-order chi connectivity index (χ1) is 11.4. The summed E-state index contributed by atoms with van der Waals surface area (Å²) < 4.78 is 15.7. The standard InChI is InChI=1S/C16H24N2O6/c1-5-6-18(10-15(20)21)9-14(19)17-11-7-12(22-2)16(24-4)13(8-11)23-3/h7-8H,5-6,9-10H2,1-4H3,(H,17,19)(H,20,21). The molecule has 0 atom stereocenters. The summed E-state index contributed by atoms with van der Waals surface area (Å²) in [6.45, 7) is 2.24. The number of carboxylic acids is 1. The molecule has 0 aliphatic carbocycles. The molecule has 0 bridgehead atoms. The fourth-order valence-electron chi connectivity index (χ4n) is 2.28. The zero-order valence-electron chi connectivity index (χ0n) is 14.4. The summed E-state index contributed by atoms with van der Waals surface area (Å²) in [5, 5.41) is 11.6. The minimum Gasteiger partial charge on any atom is -0.493 e. The molecule has 0 fully saturated rings. The van der Waals surface area contributed by atoms with Crippen LogP contribution in [0.2, 0.25) is 0 Å². The number of anilines is 1. The smallest absolute Gasteiger partial charge is 0.317 e. The molecule has 24 heavy (non-hydrogen) atoms. The van der Waals surface area contributed by atoms with E-state index in [1.807, 2.05) is 6.92 Å². The molecule has 0 aliphatic rings. The summed E-state index contributed by atoms with van der Waals surface area (Å²) in [7, 11) is 4.46. The molecule has 0 aliphatic heterocycles. The van der Waals surface area contributed by atoms with Crippen molar-refractivity contribution < 1.29 is 28.9 Å². The minimum atomic E-state index is -0.968. The fourth-order valence-corrected chi connectivity index (χ4v) is 2.28. The van der Waals surface area contributed by atoms with E-state index in [4.69, 9.17) is 19.3 Å². The molecule has 0 saturated heterocycles. The van der Waals surface area contributed by atoms with Crippen LogP contribution < -0.4 is 19.5 Å². The van der Waals surface area contributed by atoms with Gasteiger partial charge in [0.2, 0.25) is 11.7 Å². The predicted molar refractivity (Wildman–Crippen MR) is 89.1 cm³/mol. The fraction of sp³-hybridized carbons (Fsp3) is 0.500. The van der Waals surface area contributed by atoms with E-state index in [1.165, 1.54) is 21.3 Å². The molecule has 0 aromatic heterocycles. The van der Waals surface area contributed by atoms with E-state index >= 15 is 0 Å². The second-order valence-electron chi connectivity index (χ2n) is 5.07. The minimum absolute atomic E-state index is 0.0171. The van der Waals surface area contributed by atoms with Crippen LogP contribution >= 0.6 is 0 Å². The molecule has 0 spiro atoms. The van der Waals surface area contributed by atoms with Gasteiger partial charge >= 0.3 is 5.97 Å². The third-order valence-corrected chi connectivity index (χ3v) is 3.21. The van der Waals surface area contributed by atoms with E-state index in [1.54, 1.807) is 17.0 Å². The number of carbonyl (C=O) groups is 2. The molecule has 8 nitrogen and oxygen atoms in total. The number of amides is 1. The number of methoxy groups -OCH3 is 3. The van der Waals surface area contributed by atoms with E-state index in [-0.39, 0.29) is 19.0 Å². The van der Waals surface area contributed by atoms with Gasteiger partial charge in [0.15, 0.2) is 11.5 Å². The Labute approximate surface area is 141 Å². The van der Waals surface area contributed by atoms with Crippen LogP contribution in [0, 0.1) is 0 Å². The second-order valence-corrected chi connectivity index (χ2v) is 5.07. The Morgan fingerprint density at radius 1 is 1.08 bits per heavy atom. The molecule has 1 aromatic carbocycles. The zero-order chi connectivity index (χ0) is 18.1. The Morgan fingerprint density at radius 2 is 1.67 bits per heavy atom. The summed E-state index contributed by atoms with van der Waals surface area (Å²) in [4.78, 5) is 24.6. The highest BCUT2D eigenvalue weighted by Crippen LogP contribution is 2.39. The molecule has 0 unspecified atom stereocenters. The molecule has 2 N–H and O–H groups in total. The molecule has 1 aromatic rings. The van der Waals surface area contributed by atoms with Crippen LogP contribution in [0.25, 0.3) is 0 Å². The number of carboxylic acid groups (broad SMARTS) is 1. The van der Waals surface area contributed by atoms with Crippen LogP contribution in [-0.2, 0) is 9.59 Å². The normalized spacial score (nSPS) is 10.4. The number of benzene rings is 1. The number of nitrogens with zero attached hydrogens (tertiary/aromatic N) is 1. The van der Waals surface area contributed by atoms with Crippen molar-refractivity contribution in [1.29, 1.82) is 0 Å². The highest BCUT2D eigenvalue weighted by molar-refractivity contribution is 5.93. The number of rotatable bonds is 10. The Morgan fingerprint density at radius 3 is 2.08 bits per heavy atom. The first kappa shape index (κ1) is 19.6. The molecule has 0 heterocycles. The van der Waals surface area contributed by atoms with Crippen molar-refractivity contribution in [2.24, 2.45) is 0 Å². The van der Waals surface area contributed by atoms with Crippen molar-refractivity contribution in [1.82, 2.24) is 4.90 Å². The largest absolute Gasteiger partial charge is 0.493 e.